The number of carbonyl (C=O) groups excluding carboxylic acids is 8. The molecule has 67 heavy (non-hydrogen) atoms. The van der Waals surface area contributed by atoms with Gasteiger partial charge in [0, 0.05) is 36.4 Å². The molecule has 1 aromatic heterocycles. The summed E-state index contributed by atoms with van der Waals surface area (Å²) >= 11 is 7.89. The number of rotatable bonds is 30. The fourth-order valence-electron chi connectivity index (χ4n) is 5.91. The fourth-order valence-corrected chi connectivity index (χ4v) is 6.32. The molecule has 9 unspecified atom stereocenters. The Morgan fingerprint density at radius 1 is 0.657 bits per heavy atom. The lowest BCUT2D eigenvalue weighted by molar-refractivity contribution is -0.143. The molecule has 1 aromatic rings. The summed E-state index contributed by atoms with van der Waals surface area (Å²) in [5, 5.41) is 38.2. The average molecular weight is 987 g/mol. The molecule has 9 atom stereocenters. The summed E-state index contributed by atoms with van der Waals surface area (Å²) in [4.78, 5) is 140. The number of nitrogens with zero attached hydrogens (tertiary/aromatic N) is 2. The van der Waals surface area contributed by atoms with Gasteiger partial charge in [-0.1, -0.05) is 27.7 Å². The van der Waals surface area contributed by atoms with E-state index >= 15 is 0 Å². The number of H-pyrrole nitrogens is 1. The molecule has 1 rings (SSSR count). The zero-order chi connectivity index (χ0) is 51.1. The molecule has 0 aromatic carbocycles. The standard InChI is InChI=1S/C39H66N14O12S2/c1-17(2)10-24(50-32(58)22(40)14-66)35(61)48-23(8-7-9-44-39(41)42)33(59)46-19(5)30(56)49-25(11-21-13-43-16-45-21)34(60)47-20(6)31(57)53-29(18(3)4)37(63)51-26(12-28(54)55)36(62)52-27(15-67)38(64)65/h13,16-20,22-27,29,66-67H,7-12,14-15,40H2,1-6H3,(H,43,45)(H,46,59)(H,47,60)(H,48,61)(H,49,56)(H,50,58)(H,51,63)(H,52,62)(H,53,57)(H,54,55)(H,64,65)(H4,41,42,44). The number of nitrogens with one attached hydrogen (secondary N) is 9. The van der Waals surface area contributed by atoms with E-state index in [4.69, 9.17) is 17.2 Å². The van der Waals surface area contributed by atoms with Crippen LogP contribution < -0.4 is 59.7 Å². The molecular formula is C39H66N14O12S2. The largest absolute Gasteiger partial charge is 0.481 e. The van der Waals surface area contributed by atoms with Gasteiger partial charge in [-0.2, -0.15) is 25.3 Å². The number of amides is 8. The Hall–Kier alpha value is -6.16. The number of hydrogen-bond donors (Lipinski definition) is 16. The third-order valence-electron chi connectivity index (χ3n) is 9.62. The predicted molar refractivity (Wildman–Crippen MR) is 249 cm³/mol. The molecule has 17 N–H and O–H groups in total. The first kappa shape index (κ1) is 58.9. The van der Waals surface area contributed by atoms with E-state index in [9.17, 15) is 58.2 Å². The monoisotopic (exact) mass is 986 g/mol. The summed E-state index contributed by atoms with van der Waals surface area (Å²) in [6.45, 7) is 9.40. The Balaban J connectivity index is 3.24. The van der Waals surface area contributed by atoms with Crippen molar-refractivity contribution in [3.8, 4) is 0 Å². The zero-order valence-electron chi connectivity index (χ0n) is 38.2. The highest BCUT2D eigenvalue weighted by Crippen LogP contribution is 2.10. The van der Waals surface area contributed by atoms with Crippen LogP contribution in [0.25, 0.3) is 0 Å². The lowest BCUT2D eigenvalue weighted by Crippen LogP contribution is -2.60. The number of carboxylic acid groups (broad SMARTS) is 2. The Kier molecular flexibility index (Phi) is 25.9. The first-order chi connectivity index (χ1) is 31.3. The van der Waals surface area contributed by atoms with Gasteiger partial charge in [-0.25, -0.2) is 9.78 Å². The number of imidazole rings is 1. The van der Waals surface area contributed by atoms with E-state index in [2.05, 4.69) is 82.8 Å². The quantitative estimate of drug-likeness (QED) is 0.0149. The van der Waals surface area contributed by atoms with E-state index in [0.29, 0.717) is 5.69 Å². The minimum Gasteiger partial charge on any atom is -0.481 e. The number of nitrogens with two attached hydrogens (primary N) is 3. The van der Waals surface area contributed by atoms with Crippen LogP contribution in [-0.2, 0) is 54.4 Å². The van der Waals surface area contributed by atoms with Crippen LogP contribution in [0.4, 0.5) is 0 Å². The summed E-state index contributed by atoms with van der Waals surface area (Å²) in [7, 11) is 0. The minimum absolute atomic E-state index is 0.00675. The highest BCUT2D eigenvalue weighted by Gasteiger charge is 2.35. The number of hydrogen-bond acceptors (Lipinski definition) is 15. The number of carbonyl (C=O) groups is 10. The van der Waals surface area contributed by atoms with Crippen LogP contribution >= 0.6 is 25.3 Å². The van der Waals surface area contributed by atoms with E-state index in [1.54, 1.807) is 0 Å². The van der Waals surface area contributed by atoms with Crippen molar-refractivity contribution in [1.29, 1.82) is 0 Å². The lowest BCUT2D eigenvalue weighted by atomic mass is 10.0. The van der Waals surface area contributed by atoms with Crippen molar-refractivity contribution in [2.75, 3.05) is 18.1 Å². The Morgan fingerprint density at radius 3 is 1.66 bits per heavy atom. The van der Waals surface area contributed by atoms with Gasteiger partial charge in [-0.3, -0.25) is 48.1 Å². The van der Waals surface area contributed by atoms with E-state index in [0.717, 1.165) is 0 Å². The van der Waals surface area contributed by atoms with Crippen LogP contribution in [0.15, 0.2) is 17.5 Å². The number of aliphatic imine (C=N–C) groups is 1. The van der Waals surface area contributed by atoms with Gasteiger partial charge in [0.05, 0.1) is 18.8 Å². The molecule has 0 aliphatic heterocycles. The highest BCUT2D eigenvalue weighted by molar-refractivity contribution is 7.80. The summed E-state index contributed by atoms with van der Waals surface area (Å²) in [6.07, 6.45) is 1.98. The number of carboxylic acids is 2. The molecule has 0 saturated heterocycles. The molecule has 1 heterocycles. The molecule has 0 radical (unpaired) electrons. The Labute approximate surface area is 398 Å². The fraction of sp³-hybridized carbons (Fsp3) is 0.641. The van der Waals surface area contributed by atoms with Crippen molar-refractivity contribution < 1.29 is 58.2 Å². The van der Waals surface area contributed by atoms with Crippen LogP contribution in [0.2, 0.25) is 0 Å². The third kappa shape index (κ3) is 21.8. The zero-order valence-corrected chi connectivity index (χ0v) is 39.9. The van der Waals surface area contributed by atoms with Crippen molar-refractivity contribution in [3.05, 3.63) is 18.2 Å². The predicted octanol–water partition coefficient (Wildman–Crippen LogP) is -4.63. The Morgan fingerprint density at radius 2 is 1.16 bits per heavy atom. The molecule has 0 spiro atoms. The van der Waals surface area contributed by atoms with Crippen molar-refractivity contribution in [2.45, 2.75) is 128 Å². The maximum Gasteiger partial charge on any atom is 0.327 e. The van der Waals surface area contributed by atoms with Gasteiger partial charge in [0.25, 0.3) is 0 Å². The molecule has 0 bridgehead atoms. The number of thiol groups is 2. The number of aliphatic carboxylic acids is 2. The summed E-state index contributed by atoms with van der Waals surface area (Å²) < 4.78 is 0. The maximum absolute atomic E-state index is 13.7. The van der Waals surface area contributed by atoms with Crippen molar-refractivity contribution in [2.24, 2.45) is 34.0 Å². The second kappa shape index (κ2) is 29.5. The second-order valence-corrected chi connectivity index (χ2v) is 17.0. The molecule has 26 nitrogen and oxygen atoms in total. The van der Waals surface area contributed by atoms with Gasteiger partial charge in [0.15, 0.2) is 5.96 Å². The van der Waals surface area contributed by atoms with E-state index in [1.807, 2.05) is 13.8 Å². The van der Waals surface area contributed by atoms with Crippen molar-refractivity contribution in [3.63, 3.8) is 0 Å². The van der Waals surface area contributed by atoms with Gasteiger partial charge < -0.3 is 74.9 Å². The maximum atomic E-state index is 13.7. The first-order valence-corrected chi connectivity index (χ1v) is 22.4. The smallest absolute Gasteiger partial charge is 0.327 e. The molecule has 0 aliphatic rings. The van der Waals surface area contributed by atoms with Crippen LogP contribution in [0.1, 0.15) is 72.9 Å². The van der Waals surface area contributed by atoms with Crippen LogP contribution in [0.5, 0.6) is 0 Å². The third-order valence-corrected chi connectivity index (χ3v) is 10.4. The molecule has 0 fully saturated rings. The first-order valence-electron chi connectivity index (χ1n) is 21.2. The molecule has 0 aliphatic carbocycles. The Bertz CT molecular complexity index is 1900. The van der Waals surface area contributed by atoms with E-state index in [1.165, 1.54) is 40.2 Å². The normalized spacial score (nSPS) is 15.1. The average Bonchev–Trinajstić information content (AvgIpc) is 3.76. The second-order valence-electron chi connectivity index (χ2n) is 16.3. The summed E-state index contributed by atoms with van der Waals surface area (Å²) in [5.74, 6) is -11.1. The summed E-state index contributed by atoms with van der Waals surface area (Å²) in [6, 6.07) is -12.1. The highest BCUT2D eigenvalue weighted by atomic mass is 32.1. The van der Waals surface area contributed by atoms with Gasteiger partial charge in [-0.15, -0.1) is 0 Å². The van der Waals surface area contributed by atoms with Gasteiger partial charge in [-0.05, 0) is 44.9 Å². The SMILES string of the molecule is CC(C)CC(NC(=O)C(N)CS)C(=O)NC(CCCN=C(N)N)C(=O)NC(C)C(=O)NC(Cc1cnc[nH]1)C(=O)NC(C)C(=O)NC(C(=O)NC(CC(=O)O)C(=O)NC(CS)C(=O)O)C(C)C. The number of aromatic amines is 1. The van der Waals surface area contributed by atoms with Gasteiger partial charge in [0.2, 0.25) is 47.3 Å². The van der Waals surface area contributed by atoms with Gasteiger partial charge in [0.1, 0.15) is 48.3 Å². The van der Waals surface area contributed by atoms with Crippen molar-refractivity contribution >= 4 is 90.4 Å². The van der Waals surface area contributed by atoms with Crippen LogP contribution in [-0.4, -0.2) is 158 Å². The van der Waals surface area contributed by atoms with Crippen LogP contribution in [0, 0.1) is 11.8 Å². The molecule has 376 valence electrons. The molecule has 0 saturated carbocycles. The van der Waals surface area contributed by atoms with E-state index in [-0.39, 0.29) is 55.6 Å². The lowest BCUT2D eigenvalue weighted by Gasteiger charge is -2.27. The molecular weight excluding hydrogens is 921 g/mol. The van der Waals surface area contributed by atoms with Crippen molar-refractivity contribution in [1.82, 2.24) is 52.5 Å². The minimum atomic E-state index is -1.74. The topological polar surface area (TPSA) is 426 Å². The summed E-state index contributed by atoms with van der Waals surface area (Å²) in [5.41, 5.74) is 17.0. The van der Waals surface area contributed by atoms with Crippen LogP contribution in [0.3, 0.4) is 0 Å². The number of guanidine groups is 1. The molecule has 28 heteroatoms. The molecule has 8 amide bonds. The van der Waals surface area contributed by atoms with E-state index < -0.39 is 126 Å². The van der Waals surface area contributed by atoms with Gasteiger partial charge >= 0.3 is 11.9 Å². The number of aromatic nitrogens is 2.